The summed E-state index contributed by atoms with van der Waals surface area (Å²) >= 11 is 0. The summed E-state index contributed by atoms with van der Waals surface area (Å²) in [7, 11) is -3.88. The van der Waals surface area contributed by atoms with Crippen molar-refractivity contribution in [1.82, 2.24) is 4.90 Å². The van der Waals surface area contributed by atoms with Crippen molar-refractivity contribution >= 4 is 21.6 Å². The number of para-hydroxylation sites is 1. The molecule has 0 radical (unpaired) electrons. The van der Waals surface area contributed by atoms with E-state index in [0.717, 1.165) is 5.56 Å². The van der Waals surface area contributed by atoms with Crippen molar-refractivity contribution in [1.29, 1.82) is 0 Å². The summed E-state index contributed by atoms with van der Waals surface area (Å²) in [5.74, 6) is -0.235. The smallest absolute Gasteiger partial charge is 0.264 e. The molecule has 2 unspecified atom stereocenters. The molecule has 1 aliphatic heterocycles. The maximum atomic E-state index is 13.3. The molecular weight excluding hydrogens is 376 g/mol. The molecule has 150 valence electrons. The molecule has 1 aliphatic rings. The lowest BCUT2D eigenvalue weighted by Gasteiger charge is -2.36. The number of nitrogens with zero attached hydrogens (tertiary/aromatic N) is 2. The average molecular weight is 403 g/mol. The zero-order valence-electron chi connectivity index (χ0n) is 16.4. The van der Waals surface area contributed by atoms with Crippen molar-refractivity contribution < 1.29 is 17.9 Å². The summed E-state index contributed by atoms with van der Waals surface area (Å²) in [5, 5.41) is 0. The van der Waals surface area contributed by atoms with E-state index in [2.05, 4.69) is 0 Å². The number of anilines is 1. The van der Waals surface area contributed by atoms with Crippen molar-refractivity contribution in [2.45, 2.75) is 37.9 Å². The highest BCUT2D eigenvalue weighted by molar-refractivity contribution is 7.92. The summed E-state index contributed by atoms with van der Waals surface area (Å²) < 4.78 is 33.5. The van der Waals surface area contributed by atoms with Gasteiger partial charge in [-0.05, 0) is 45.0 Å². The number of benzene rings is 2. The number of amides is 1. The Kier molecular flexibility index (Phi) is 6.05. The van der Waals surface area contributed by atoms with Crippen LogP contribution in [0.15, 0.2) is 59.5 Å². The van der Waals surface area contributed by atoms with Crippen molar-refractivity contribution in [2.75, 3.05) is 23.9 Å². The van der Waals surface area contributed by atoms with Crippen LogP contribution in [-0.2, 0) is 19.6 Å². The van der Waals surface area contributed by atoms with E-state index in [1.807, 2.05) is 26.8 Å². The molecule has 0 saturated carbocycles. The van der Waals surface area contributed by atoms with Gasteiger partial charge in [0.2, 0.25) is 5.91 Å². The molecule has 0 N–H and O–H groups in total. The maximum Gasteiger partial charge on any atom is 0.264 e. The molecule has 2 atom stereocenters. The van der Waals surface area contributed by atoms with Crippen LogP contribution in [0.3, 0.4) is 0 Å². The van der Waals surface area contributed by atoms with Crippen LogP contribution in [0.1, 0.15) is 19.4 Å². The number of rotatable bonds is 5. The number of hydrogen-bond donors (Lipinski definition) is 0. The van der Waals surface area contributed by atoms with Gasteiger partial charge >= 0.3 is 0 Å². The molecule has 7 heteroatoms. The molecule has 1 heterocycles. The van der Waals surface area contributed by atoms with Crippen LogP contribution in [0.25, 0.3) is 0 Å². The van der Waals surface area contributed by atoms with Crippen LogP contribution < -0.4 is 4.31 Å². The second kappa shape index (κ2) is 8.32. The Balaban J connectivity index is 1.92. The van der Waals surface area contributed by atoms with Gasteiger partial charge < -0.3 is 9.64 Å². The lowest BCUT2D eigenvalue weighted by atomic mass is 10.2. The van der Waals surface area contributed by atoms with Crippen molar-refractivity contribution in [3.63, 3.8) is 0 Å². The molecule has 2 aromatic rings. The summed E-state index contributed by atoms with van der Waals surface area (Å²) in [6.07, 6.45) is -0.154. The number of ether oxygens (including phenoxy) is 1. The van der Waals surface area contributed by atoms with Crippen molar-refractivity contribution in [2.24, 2.45) is 0 Å². The largest absolute Gasteiger partial charge is 0.372 e. The van der Waals surface area contributed by atoms with Gasteiger partial charge in [-0.25, -0.2) is 8.42 Å². The van der Waals surface area contributed by atoms with Crippen LogP contribution >= 0.6 is 0 Å². The van der Waals surface area contributed by atoms with Gasteiger partial charge in [-0.1, -0.05) is 35.9 Å². The van der Waals surface area contributed by atoms with Gasteiger partial charge in [0.1, 0.15) is 6.54 Å². The third kappa shape index (κ3) is 4.54. The average Bonchev–Trinajstić information content (AvgIpc) is 2.66. The highest BCUT2D eigenvalue weighted by atomic mass is 32.2. The molecule has 0 aromatic heterocycles. The number of carbonyl (C=O) groups is 1. The number of hydrogen-bond acceptors (Lipinski definition) is 4. The quantitative estimate of drug-likeness (QED) is 0.771. The number of carbonyl (C=O) groups excluding carboxylic acids is 1. The SMILES string of the molecule is Cc1ccc(S(=O)(=O)N(CC(=O)N2CC(C)OC(C)C2)c2ccccc2)cc1. The Bertz CT molecular complexity index is 903. The van der Waals surface area contributed by atoms with Gasteiger partial charge in [0.25, 0.3) is 10.0 Å². The lowest BCUT2D eigenvalue weighted by molar-refractivity contribution is -0.141. The first-order chi connectivity index (χ1) is 13.3. The third-order valence-corrected chi connectivity index (χ3v) is 6.49. The summed E-state index contributed by atoms with van der Waals surface area (Å²) in [5.41, 5.74) is 1.43. The summed E-state index contributed by atoms with van der Waals surface area (Å²) in [4.78, 5) is 14.8. The molecule has 3 rings (SSSR count). The summed E-state index contributed by atoms with van der Waals surface area (Å²) in [6, 6.07) is 15.4. The number of sulfonamides is 1. The fourth-order valence-electron chi connectivity index (χ4n) is 3.35. The predicted octanol–water partition coefficient (Wildman–Crippen LogP) is 2.83. The Hall–Kier alpha value is -2.38. The van der Waals surface area contributed by atoms with Crippen molar-refractivity contribution in [3.8, 4) is 0 Å². The maximum absolute atomic E-state index is 13.3. The molecule has 0 bridgehead atoms. The van der Waals surface area contributed by atoms with E-state index in [0.29, 0.717) is 18.8 Å². The van der Waals surface area contributed by atoms with Gasteiger partial charge in [-0.15, -0.1) is 0 Å². The fourth-order valence-corrected chi connectivity index (χ4v) is 4.77. The van der Waals surface area contributed by atoms with Crippen molar-refractivity contribution in [3.05, 3.63) is 60.2 Å². The predicted molar refractivity (Wildman–Crippen MR) is 109 cm³/mol. The Labute approximate surface area is 166 Å². The molecule has 28 heavy (non-hydrogen) atoms. The van der Waals surface area contributed by atoms with E-state index >= 15 is 0 Å². The van der Waals surface area contributed by atoms with Crippen LogP contribution in [0.4, 0.5) is 5.69 Å². The van der Waals surface area contributed by atoms with E-state index in [1.165, 1.54) is 4.31 Å². The van der Waals surface area contributed by atoms with E-state index in [4.69, 9.17) is 4.74 Å². The topological polar surface area (TPSA) is 66.9 Å². The van der Waals surface area contributed by atoms with Crippen LogP contribution in [-0.4, -0.2) is 51.1 Å². The van der Waals surface area contributed by atoms with Crippen LogP contribution in [0.5, 0.6) is 0 Å². The highest BCUT2D eigenvalue weighted by Gasteiger charge is 2.31. The molecule has 2 aromatic carbocycles. The van der Waals surface area contributed by atoms with Gasteiger partial charge in [0, 0.05) is 13.1 Å². The first-order valence-electron chi connectivity index (χ1n) is 9.35. The minimum absolute atomic E-state index is 0.0772. The zero-order chi connectivity index (χ0) is 20.3. The van der Waals surface area contributed by atoms with Crippen LogP contribution in [0, 0.1) is 6.92 Å². The van der Waals surface area contributed by atoms with E-state index in [-0.39, 0.29) is 29.6 Å². The first kappa shape index (κ1) is 20.4. The van der Waals surface area contributed by atoms with Crippen LogP contribution in [0.2, 0.25) is 0 Å². The lowest BCUT2D eigenvalue weighted by Crippen LogP contribution is -2.51. The number of morpholine rings is 1. The molecule has 1 saturated heterocycles. The van der Waals surface area contributed by atoms with E-state index in [1.54, 1.807) is 53.4 Å². The van der Waals surface area contributed by atoms with Gasteiger partial charge in [0.15, 0.2) is 0 Å². The molecule has 1 fully saturated rings. The van der Waals surface area contributed by atoms with E-state index in [9.17, 15) is 13.2 Å². The number of aryl methyl sites for hydroxylation is 1. The minimum atomic E-state index is -3.88. The Morgan fingerprint density at radius 2 is 1.61 bits per heavy atom. The second-order valence-corrected chi connectivity index (χ2v) is 9.08. The van der Waals surface area contributed by atoms with Gasteiger partial charge in [-0.2, -0.15) is 0 Å². The standard InChI is InChI=1S/C21H26N2O4S/c1-16-9-11-20(12-10-16)28(25,26)23(19-7-5-4-6-8-19)15-21(24)22-13-17(2)27-18(3)14-22/h4-12,17-18H,13-15H2,1-3H3. The molecule has 6 nitrogen and oxygen atoms in total. The Morgan fingerprint density at radius 3 is 2.18 bits per heavy atom. The fraction of sp³-hybridized carbons (Fsp3) is 0.381. The molecule has 0 aliphatic carbocycles. The first-order valence-corrected chi connectivity index (χ1v) is 10.8. The molecule has 1 amide bonds. The Morgan fingerprint density at radius 1 is 1.04 bits per heavy atom. The molecular formula is C21H26N2O4S. The zero-order valence-corrected chi connectivity index (χ0v) is 17.2. The second-order valence-electron chi connectivity index (χ2n) is 7.22. The third-order valence-electron chi connectivity index (χ3n) is 4.70. The molecule has 0 spiro atoms. The van der Waals surface area contributed by atoms with Gasteiger partial charge in [0.05, 0.1) is 22.8 Å². The van der Waals surface area contributed by atoms with Gasteiger partial charge in [-0.3, -0.25) is 9.10 Å². The monoisotopic (exact) mass is 402 g/mol. The normalized spacial score (nSPS) is 20.0. The van der Waals surface area contributed by atoms with E-state index < -0.39 is 10.0 Å². The minimum Gasteiger partial charge on any atom is -0.372 e. The summed E-state index contributed by atoms with van der Waals surface area (Å²) in [6.45, 7) is 6.38. The highest BCUT2D eigenvalue weighted by Crippen LogP contribution is 2.24.